The largest absolute Gasteiger partial charge is 0.454 e. The normalized spacial score (nSPS) is 13.1. The van der Waals surface area contributed by atoms with Gasteiger partial charge in [-0.25, -0.2) is 0 Å². The summed E-state index contributed by atoms with van der Waals surface area (Å²) in [5, 5.41) is 9.11. The molecule has 20 heavy (non-hydrogen) atoms. The van der Waals surface area contributed by atoms with Crippen LogP contribution in [0.3, 0.4) is 0 Å². The fourth-order valence-electron chi connectivity index (χ4n) is 2.40. The quantitative estimate of drug-likeness (QED) is 0.716. The molecule has 0 unspecified atom stereocenters. The van der Waals surface area contributed by atoms with Crippen LogP contribution in [0.15, 0.2) is 36.4 Å². The van der Waals surface area contributed by atoms with Gasteiger partial charge in [0.25, 0.3) is 0 Å². The van der Waals surface area contributed by atoms with Gasteiger partial charge in [0.2, 0.25) is 6.79 Å². The second kappa shape index (κ2) is 4.23. The van der Waals surface area contributed by atoms with Gasteiger partial charge in [-0.3, -0.25) is 0 Å². The van der Waals surface area contributed by atoms with E-state index in [1.54, 1.807) is 4.80 Å². The van der Waals surface area contributed by atoms with Crippen molar-refractivity contribution in [3.05, 3.63) is 42.0 Å². The van der Waals surface area contributed by atoms with E-state index in [4.69, 9.17) is 9.47 Å². The Kier molecular flexibility index (Phi) is 2.39. The van der Waals surface area contributed by atoms with Gasteiger partial charge in [0.05, 0.1) is 5.69 Å². The topological polar surface area (TPSA) is 49.2 Å². The Morgan fingerprint density at radius 1 is 1.10 bits per heavy atom. The molecule has 0 aliphatic carbocycles. The lowest BCUT2D eigenvalue weighted by Gasteiger charge is -2.00. The van der Waals surface area contributed by atoms with Gasteiger partial charge in [-0.1, -0.05) is 19.1 Å². The monoisotopic (exact) mass is 267 g/mol. The highest BCUT2D eigenvalue weighted by atomic mass is 16.7. The van der Waals surface area contributed by atoms with Crippen LogP contribution in [0.1, 0.15) is 12.5 Å². The Bertz CT molecular complexity index is 795. The zero-order valence-electron chi connectivity index (χ0n) is 11.0. The van der Waals surface area contributed by atoms with Crippen molar-refractivity contribution in [2.24, 2.45) is 0 Å². The van der Waals surface area contributed by atoms with E-state index in [-0.39, 0.29) is 6.79 Å². The molecular weight excluding hydrogens is 254 g/mol. The molecule has 3 aromatic rings. The van der Waals surface area contributed by atoms with Gasteiger partial charge < -0.3 is 9.47 Å². The SMILES string of the molecule is CCc1cccc2nn(-c3ccc4c(c3)OCO4)nc12. The summed E-state index contributed by atoms with van der Waals surface area (Å²) in [5.74, 6) is 1.50. The highest BCUT2D eigenvalue weighted by Gasteiger charge is 2.15. The van der Waals surface area contributed by atoms with Crippen LogP contribution in [0.2, 0.25) is 0 Å². The highest BCUT2D eigenvalue weighted by Crippen LogP contribution is 2.33. The average Bonchev–Trinajstić information content (AvgIpc) is 3.11. The van der Waals surface area contributed by atoms with E-state index >= 15 is 0 Å². The molecule has 2 heterocycles. The van der Waals surface area contributed by atoms with E-state index in [9.17, 15) is 0 Å². The number of aryl methyl sites for hydroxylation is 1. The molecule has 0 fully saturated rings. The molecule has 100 valence electrons. The minimum absolute atomic E-state index is 0.271. The van der Waals surface area contributed by atoms with Crippen LogP contribution >= 0.6 is 0 Å². The Morgan fingerprint density at radius 3 is 2.90 bits per heavy atom. The van der Waals surface area contributed by atoms with Gasteiger partial charge in [0.15, 0.2) is 11.5 Å². The Labute approximate surface area is 115 Å². The van der Waals surface area contributed by atoms with Gasteiger partial charge in [0.1, 0.15) is 11.0 Å². The molecule has 2 aromatic carbocycles. The summed E-state index contributed by atoms with van der Waals surface area (Å²) in [4.78, 5) is 1.64. The first-order chi connectivity index (χ1) is 9.85. The van der Waals surface area contributed by atoms with E-state index in [1.807, 2.05) is 30.3 Å². The van der Waals surface area contributed by atoms with E-state index in [1.165, 1.54) is 5.56 Å². The van der Waals surface area contributed by atoms with Gasteiger partial charge in [0, 0.05) is 6.07 Å². The molecule has 4 rings (SSSR count). The third-order valence-electron chi connectivity index (χ3n) is 3.46. The van der Waals surface area contributed by atoms with E-state index in [2.05, 4.69) is 23.2 Å². The van der Waals surface area contributed by atoms with Gasteiger partial charge in [-0.15, -0.1) is 10.2 Å². The molecule has 5 nitrogen and oxygen atoms in total. The second-order valence-electron chi connectivity index (χ2n) is 4.67. The first kappa shape index (κ1) is 11.3. The molecule has 5 heteroatoms. The molecular formula is C15H13N3O2. The summed E-state index contributed by atoms with van der Waals surface area (Å²) in [6.45, 7) is 2.39. The lowest BCUT2D eigenvalue weighted by atomic mass is 10.1. The zero-order valence-corrected chi connectivity index (χ0v) is 11.0. The van der Waals surface area contributed by atoms with Crippen molar-refractivity contribution in [3.8, 4) is 17.2 Å². The number of rotatable bonds is 2. The summed E-state index contributed by atoms with van der Waals surface area (Å²) in [6.07, 6.45) is 0.942. The van der Waals surface area contributed by atoms with Crippen LogP contribution in [0.25, 0.3) is 16.7 Å². The maximum Gasteiger partial charge on any atom is 0.231 e. The highest BCUT2D eigenvalue weighted by molar-refractivity contribution is 5.77. The average molecular weight is 267 g/mol. The fraction of sp³-hybridized carbons (Fsp3) is 0.200. The predicted octanol–water partition coefficient (Wildman–Crippen LogP) is 2.71. The van der Waals surface area contributed by atoms with Gasteiger partial charge in [-0.2, -0.15) is 4.80 Å². The van der Waals surface area contributed by atoms with Crippen molar-refractivity contribution in [2.75, 3.05) is 6.79 Å². The second-order valence-corrected chi connectivity index (χ2v) is 4.67. The number of ether oxygens (including phenoxy) is 2. The van der Waals surface area contributed by atoms with Crippen LogP contribution in [0.5, 0.6) is 11.5 Å². The number of nitrogens with zero attached hydrogens (tertiary/aromatic N) is 3. The van der Waals surface area contributed by atoms with Crippen LogP contribution in [0.4, 0.5) is 0 Å². The third kappa shape index (κ3) is 1.63. The van der Waals surface area contributed by atoms with Crippen molar-refractivity contribution in [1.29, 1.82) is 0 Å². The molecule has 0 amide bonds. The maximum absolute atomic E-state index is 5.39. The molecule has 0 saturated carbocycles. The Balaban J connectivity index is 1.86. The Hall–Kier alpha value is -2.56. The first-order valence-electron chi connectivity index (χ1n) is 6.60. The number of hydrogen-bond donors (Lipinski definition) is 0. The molecule has 0 bridgehead atoms. The van der Waals surface area contributed by atoms with Crippen LogP contribution in [0, 0.1) is 0 Å². The maximum atomic E-state index is 5.39. The smallest absolute Gasteiger partial charge is 0.231 e. The lowest BCUT2D eigenvalue weighted by molar-refractivity contribution is 0.174. The molecule has 1 aromatic heterocycles. The lowest BCUT2D eigenvalue weighted by Crippen LogP contribution is -1.98. The molecule has 0 spiro atoms. The van der Waals surface area contributed by atoms with Crippen molar-refractivity contribution in [2.45, 2.75) is 13.3 Å². The van der Waals surface area contributed by atoms with Gasteiger partial charge >= 0.3 is 0 Å². The molecule has 0 radical (unpaired) electrons. The molecule has 0 saturated heterocycles. The molecule has 0 N–H and O–H groups in total. The zero-order chi connectivity index (χ0) is 13.5. The molecule has 1 aliphatic rings. The van der Waals surface area contributed by atoms with E-state index in [0.717, 1.165) is 34.6 Å². The van der Waals surface area contributed by atoms with Crippen LogP contribution in [-0.4, -0.2) is 21.8 Å². The summed E-state index contributed by atoms with van der Waals surface area (Å²) in [7, 11) is 0. The standard InChI is InChI=1S/C15H13N3O2/c1-2-10-4-3-5-12-15(10)17-18(16-12)11-6-7-13-14(8-11)20-9-19-13/h3-8H,2,9H2,1H3. The number of fused-ring (bicyclic) bond motifs is 2. The summed E-state index contributed by atoms with van der Waals surface area (Å²) < 4.78 is 10.7. The molecule has 0 atom stereocenters. The van der Waals surface area contributed by atoms with E-state index < -0.39 is 0 Å². The van der Waals surface area contributed by atoms with Crippen LogP contribution < -0.4 is 9.47 Å². The third-order valence-corrected chi connectivity index (χ3v) is 3.46. The van der Waals surface area contributed by atoms with Crippen molar-refractivity contribution < 1.29 is 9.47 Å². The summed E-state index contributed by atoms with van der Waals surface area (Å²) >= 11 is 0. The number of aromatic nitrogens is 3. The van der Waals surface area contributed by atoms with Crippen molar-refractivity contribution in [1.82, 2.24) is 15.0 Å². The van der Waals surface area contributed by atoms with Crippen molar-refractivity contribution >= 4 is 11.0 Å². The predicted molar refractivity (Wildman–Crippen MR) is 74.4 cm³/mol. The minimum Gasteiger partial charge on any atom is -0.454 e. The first-order valence-corrected chi connectivity index (χ1v) is 6.60. The number of benzene rings is 2. The van der Waals surface area contributed by atoms with Gasteiger partial charge in [-0.05, 0) is 30.2 Å². The summed E-state index contributed by atoms with van der Waals surface area (Å²) in [6, 6.07) is 11.8. The van der Waals surface area contributed by atoms with E-state index in [0.29, 0.717) is 0 Å². The number of hydrogen-bond acceptors (Lipinski definition) is 4. The fourth-order valence-corrected chi connectivity index (χ4v) is 2.40. The Morgan fingerprint density at radius 2 is 2.00 bits per heavy atom. The minimum atomic E-state index is 0.271. The summed E-state index contributed by atoms with van der Waals surface area (Å²) in [5.41, 5.74) is 3.93. The van der Waals surface area contributed by atoms with Crippen LogP contribution in [-0.2, 0) is 6.42 Å². The molecule has 1 aliphatic heterocycles. The van der Waals surface area contributed by atoms with Crippen molar-refractivity contribution in [3.63, 3.8) is 0 Å².